The highest BCUT2D eigenvalue weighted by atomic mass is 16.5. The molecule has 1 N–H and O–H groups in total. The van der Waals surface area contributed by atoms with Gasteiger partial charge in [-0.15, -0.1) is 0 Å². The Bertz CT molecular complexity index is 142. The predicted molar refractivity (Wildman–Crippen MR) is 35.3 cm³/mol. The van der Waals surface area contributed by atoms with Crippen LogP contribution in [0.2, 0.25) is 0 Å². The van der Waals surface area contributed by atoms with Crippen LogP contribution in [0.25, 0.3) is 0 Å². The summed E-state index contributed by atoms with van der Waals surface area (Å²) in [7, 11) is 0. The van der Waals surface area contributed by atoms with Crippen molar-refractivity contribution in [2.24, 2.45) is 11.8 Å². The Hall–Kier alpha value is -0.570. The third kappa shape index (κ3) is 1.14. The fourth-order valence-corrected chi connectivity index (χ4v) is 1.32. The zero-order valence-electron chi connectivity index (χ0n) is 6.20. The quantitative estimate of drug-likeness (QED) is 0.534. The van der Waals surface area contributed by atoms with Gasteiger partial charge in [0.2, 0.25) is 0 Å². The number of hydrogen-bond acceptors (Lipinski definition) is 3. The standard InChI is InChI=1S/C7H12O3/c1-4-3-10-7(9)6(4)5(2)8/h4-6,8H,3H2,1-2H3/t4-,5-,6?/m0/s1. The number of carbonyl (C=O) groups excluding carboxylic acids is 1. The van der Waals surface area contributed by atoms with Crippen molar-refractivity contribution in [2.75, 3.05) is 6.61 Å². The Labute approximate surface area is 60.0 Å². The maximum atomic E-state index is 10.8. The van der Waals surface area contributed by atoms with Crippen LogP contribution in [0.5, 0.6) is 0 Å². The first-order chi connectivity index (χ1) is 4.63. The number of ether oxygens (including phenoxy) is 1. The second kappa shape index (κ2) is 2.58. The third-order valence-electron chi connectivity index (χ3n) is 1.89. The highest BCUT2D eigenvalue weighted by Crippen LogP contribution is 2.24. The van der Waals surface area contributed by atoms with Crippen molar-refractivity contribution in [1.29, 1.82) is 0 Å². The largest absolute Gasteiger partial charge is 0.465 e. The van der Waals surface area contributed by atoms with Gasteiger partial charge in [0, 0.05) is 5.92 Å². The molecule has 3 atom stereocenters. The summed E-state index contributed by atoms with van der Waals surface area (Å²) in [4.78, 5) is 10.8. The van der Waals surface area contributed by atoms with Crippen molar-refractivity contribution in [2.45, 2.75) is 20.0 Å². The van der Waals surface area contributed by atoms with Crippen LogP contribution in [0.15, 0.2) is 0 Å². The van der Waals surface area contributed by atoms with Crippen molar-refractivity contribution in [3.05, 3.63) is 0 Å². The molecule has 1 fully saturated rings. The van der Waals surface area contributed by atoms with Crippen molar-refractivity contribution in [3.8, 4) is 0 Å². The van der Waals surface area contributed by atoms with E-state index >= 15 is 0 Å². The van der Waals surface area contributed by atoms with Gasteiger partial charge in [0.05, 0.1) is 18.6 Å². The number of cyclic esters (lactones) is 1. The van der Waals surface area contributed by atoms with Crippen LogP contribution >= 0.6 is 0 Å². The first-order valence-corrected chi connectivity index (χ1v) is 3.47. The van der Waals surface area contributed by atoms with Crippen molar-refractivity contribution < 1.29 is 14.6 Å². The fraction of sp³-hybridized carbons (Fsp3) is 0.857. The van der Waals surface area contributed by atoms with E-state index in [0.29, 0.717) is 6.61 Å². The summed E-state index contributed by atoms with van der Waals surface area (Å²) in [6.07, 6.45) is -0.579. The summed E-state index contributed by atoms with van der Waals surface area (Å²) < 4.78 is 4.74. The molecule has 0 aromatic carbocycles. The molecule has 0 aliphatic carbocycles. The van der Waals surface area contributed by atoms with Gasteiger partial charge >= 0.3 is 5.97 Å². The van der Waals surface area contributed by atoms with E-state index in [1.165, 1.54) is 0 Å². The number of esters is 1. The van der Waals surface area contributed by atoms with E-state index in [0.717, 1.165) is 0 Å². The van der Waals surface area contributed by atoms with Crippen LogP contribution in [0, 0.1) is 11.8 Å². The molecule has 0 bridgehead atoms. The lowest BCUT2D eigenvalue weighted by Gasteiger charge is -2.12. The molecule has 1 rings (SSSR count). The van der Waals surface area contributed by atoms with Crippen LogP contribution in [0.3, 0.4) is 0 Å². The Morgan fingerprint density at radius 1 is 1.80 bits per heavy atom. The van der Waals surface area contributed by atoms with Crippen LogP contribution in [0.4, 0.5) is 0 Å². The molecule has 1 heterocycles. The molecule has 1 aliphatic heterocycles. The van der Waals surface area contributed by atoms with E-state index in [2.05, 4.69) is 0 Å². The molecular weight excluding hydrogens is 132 g/mol. The molecule has 1 unspecified atom stereocenters. The number of carbonyl (C=O) groups is 1. The molecule has 0 spiro atoms. The second-order valence-corrected chi connectivity index (χ2v) is 2.87. The molecule has 58 valence electrons. The normalized spacial score (nSPS) is 35.7. The minimum Gasteiger partial charge on any atom is -0.465 e. The van der Waals surface area contributed by atoms with Crippen molar-refractivity contribution in [1.82, 2.24) is 0 Å². The Kier molecular flexibility index (Phi) is 1.94. The lowest BCUT2D eigenvalue weighted by molar-refractivity contribution is -0.143. The minimum atomic E-state index is -0.579. The first kappa shape index (κ1) is 7.54. The molecule has 3 nitrogen and oxygen atoms in total. The van der Waals surface area contributed by atoms with Gasteiger partial charge in [0.1, 0.15) is 0 Å². The monoisotopic (exact) mass is 144 g/mol. The van der Waals surface area contributed by atoms with E-state index < -0.39 is 6.10 Å². The third-order valence-corrected chi connectivity index (χ3v) is 1.89. The van der Waals surface area contributed by atoms with Gasteiger partial charge < -0.3 is 9.84 Å². The van der Waals surface area contributed by atoms with Gasteiger partial charge in [-0.25, -0.2) is 0 Å². The summed E-state index contributed by atoms with van der Waals surface area (Å²) in [6.45, 7) is 3.98. The highest BCUT2D eigenvalue weighted by molar-refractivity contribution is 5.75. The zero-order valence-corrected chi connectivity index (χ0v) is 6.20. The van der Waals surface area contributed by atoms with E-state index in [9.17, 15) is 4.79 Å². The Morgan fingerprint density at radius 2 is 2.40 bits per heavy atom. The Balaban J connectivity index is 2.63. The molecule has 1 aliphatic rings. The van der Waals surface area contributed by atoms with E-state index in [1.807, 2.05) is 6.92 Å². The van der Waals surface area contributed by atoms with Crippen molar-refractivity contribution in [3.63, 3.8) is 0 Å². The first-order valence-electron chi connectivity index (χ1n) is 3.47. The van der Waals surface area contributed by atoms with Gasteiger partial charge in [-0.2, -0.15) is 0 Å². The molecule has 10 heavy (non-hydrogen) atoms. The predicted octanol–water partition coefficient (Wildman–Crippen LogP) is 0.176. The fourth-order valence-electron chi connectivity index (χ4n) is 1.32. The molecule has 0 saturated carbocycles. The average Bonchev–Trinajstić information content (AvgIpc) is 2.11. The van der Waals surface area contributed by atoms with Crippen LogP contribution < -0.4 is 0 Å². The topological polar surface area (TPSA) is 46.5 Å². The number of aliphatic hydroxyl groups is 1. The summed E-state index contributed by atoms with van der Waals surface area (Å²) in [6, 6.07) is 0. The van der Waals surface area contributed by atoms with Gasteiger partial charge in [0.15, 0.2) is 0 Å². The summed E-state index contributed by atoms with van der Waals surface area (Å²) in [5, 5.41) is 9.09. The second-order valence-electron chi connectivity index (χ2n) is 2.87. The smallest absolute Gasteiger partial charge is 0.311 e. The maximum Gasteiger partial charge on any atom is 0.311 e. The molecule has 0 aromatic rings. The van der Waals surface area contributed by atoms with Crippen molar-refractivity contribution >= 4 is 5.97 Å². The summed E-state index contributed by atoms with van der Waals surface area (Å²) in [5.41, 5.74) is 0. The molecule has 0 aromatic heterocycles. The molecule has 3 heteroatoms. The van der Waals surface area contributed by atoms with Crippen LogP contribution in [0.1, 0.15) is 13.8 Å². The lowest BCUT2D eigenvalue weighted by atomic mass is 9.93. The van der Waals surface area contributed by atoms with E-state index in [4.69, 9.17) is 9.84 Å². The van der Waals surface area contributed by atoms with Gasteiger partial charge in [-0.3, -0.25) is 4.79 Å². The number of hydrogen-bond donors (Lipinski definition) is 1. The van der Waals surface area contributed by atoms with Crippen LogP contribution in [-0.4, -0.2) is 23.8 Å². The molecular formula is C7H12O3. The molecule has 0 radical (unpaired) electrons. The summed E-state index contributed by atoms with van der Waals surface area (Å²) >= 11 is 0. The number of rotatable bonds is 1. The number of aliphatic hydroxyl groups excluding tert-OH is 1. The van der Waals surface area contributed by atoms with E-state index in [1.54, 1.807) is 6.92 Å². The average molecular weight is 144 g/mol. The zero-order chi connectivity index (χ0) is 7.72. The SMILES string of the molecule is C[C@H](O)C1C(=O)OC[C@@H]1C. The highest BCUT2D eigenvalue weighted by Gasteiger charge is 2.36. The minimum absolute atomic E-state index is 0.160. The van der Waals surface area contributed by atoms with Gasteiger partial charge in [0.25, 0.3) is 0 Å². The van der Waals surface area contributed by atoms with Crippen LogP contribution in [-0.2, 0) is 9.53 Å². The molecule has 0 amide bonds. The lowest BCUT2D eigenvalue weighted by Crippen LogP contribution is -2.25. The Morgan fingerprint density at radius 3 is 2.60 bits per heavy atom. The van der Waals surface area contributed by atoms with Gasteiger partial charge in [-0.1, -0.05) is 6.92 Å². The van der Waals surface area contributed by atoms with E-state index in [-0.39, 0.29) is 17.8 Å². The summed E-state index contributed by atoms with van der Waals surface area (Å²) in [5.74, 6) is -0.407. The maximum absolute atomic E-state index is 10.8. The van der Waals surface area contributed by atoms with Gasteiger partial charge in [-0.05, 0) is 6.92 Å². The molecule has 1 saturated heterocycles.